The third-order valence-electron chi connectivity index (χ3n) is 3.10. The Kier molecular flexibility index (Phi) is 4.65. The van der Waals surface area contributed by atoms with E-state index in [1.807, 2.05) is 30.3 Å². The number of hydrogen-bond acceptors (Lipinski definition) is 2. The van der Waals surface area contributed by atoms with Crippen molar-refractivity contribution in [2.24, 2.45) is 0 Å². The van der Waals surface area contributed by atoms with E-state index in [2.05, 4.69) is 26.2 Å². The Morgan fingerprint density at radius 2 is 2.00 bits per heavy atom. The fourth-order valence-electron chi connectivity index (χ4n) is 2.08. The number of alkyl halides is 3. The Morgan fingerprint density at radius 3 is 2.65 bits per heavy atom. The molecule has 2 rings (SSSR count). The van der Waals surface area contributed by atoms with Crippen LogP contribution in [-0.4, -0.2) is 18.2 Å². The Bertz CT molecular complexity index is 598. The number of pyridine rings is 1. The summed E-state index contributed by atoms with van der Waals surface area (Å²) in [6.07, 6.45) is -5.03. The van der Waals surface area contributed by atoms with Gasteiger partial charge in [-0.05, 0) is 41.5 Å². The average molecular weight is 347 g/mol. The molecule has 2 aromatic rings. The van der Waals surface area contributed by atoms with E-state index in [1.165, 1.54) is 0 Å². The molecular formula is C14H14BrF3N2. The molecule has 20 heavy (non-hydrogen) atoms. The summed E-state index contributed by atoms with van der Waals surface area (Å²) in [5.74, 6) is 0. The van der Waals surface area contributed by atoms with Gasteiger partial charge in [-0.25, -0.2) is 4.98 Å². The predicted molar refractivity (Wildman–Crippen MR) is 76.5 cm³/mol. The molecule has 6 heteroatoms. The molecule has 0 aliphatic carbocycles. The number of halogens is 4. The monoisotopic (exact) mass is 346 g/mol. The summed E-state index contributed by atoms with van der Waals surface area (Å²) in [5.41, 5.74) is 1.38. The molecule has 1 unspecified atom stereocenters. The van der Waals surface area contributed by atoms with Gasteiger partial charge in [-0.2, -0.15) is 13.2 Å². The molecule has 0 saturated carbocycles. The normalized spacial score (nSPS) is 13.7. The fourth-order valence-corrected chi connectivity index (χ4v) is 2.69. The van der Waals surface area contributed by atoms with Crippen LogP contribution in [0.4, 0.5) is 13.2 Å². The van der Waals surface area contributed by atoms with E-state index >= 15 is 0 Å². The maximum atomic E-state index is 12.4. The summed E-state index contributed by atoms with van der Waals surface area (Å²) >= 11 is 3.40. The van der Waals surface area contributed by atoms with Gasteiger partial charge < -0.3 is 5.32 Å². The van der Waals surface area contributed by atoms with E-state index in [0.717, 1.165) is 15.4 Å². The number of nitrogens with zero attached hydrogens (tertiary/aromatic N) is 1. The average Bonchev–Trinajstić information content (AvgIpc) is 2.38. The van der Waals surface area contributed by atoms with Crippen LogP contribution >= 0.6 is 15.9 Å². The summed E-state index contributed by atoms with van der Waals surface area (Å²) in [6.45, 7) is 0. The molecule has 0 radical (unpaired) electrons. The summed E-state index contributed by atoms with van der Waals surface area (Å²) in [5, 5.41) is 3.86. The van der Waals surface area contributed by atoms with Crippen molar-refractivity contribution < 1.29 is 13.2 Å². The van der Waals surface area contributed by atoms with E-state index in [0.29, 0.717) is 5.69 Å². The Morgan fingerprint density at radius 1 is 1.30 bits per heavy atom. The molecule has 0 aliphatic rings. The molecule has 1 heterocycles. The molecule has 0 spiro atoms. The second kappa shape index (κ2) is 6.10. The van der Waals surface area contributed by atoms with Crippen molar-refractivity contribution in [1.29, 1.82) is 0 Å². The van der Waals surface area contributed by atoms with Crippen molar-refractivity contribution in [1.82, 2.24) is 10.3 Å². The third-order valence-corrected chi connectivity index (χ3v) is 3.73. The second-order valence-electron chi connectivity index (χ2n) is 4.54. The number of fused-ring (bicyclic) bond motifs is 1. The molecule has 0 bridgehead atoms. The van der Waals surface area contributed by atoms with Crippen molar-refractivity contribution >= 4 is 26.8 Å². The van der Waals surface area contributed by atoms with Crippen molar-refractivity contribution in [3.63, 3.8) is 0 Å². The topological polar surface area (TPSA) is 24.9 Å². The van der Waals surface area contributed by atoms with Crippen LogP contribution in [0.2, 0.25) is 0 Å². The van der Waals surface area contributed by atoms with Crippen LogP contribution in [0.25, 0.3) is 10.9 Å². The van der Waals surface area contributed by atoms with Gasteiger partial charge in [-0.15, -0.1) is 0 Å². The van der Waals surface area contributed by atoms with Gasteiger partial charge in [0.25, 0.3) is 0 Å². The minimum atomic E-state index is -4.15. The molecule has 0 aliphatic heterocycles. The van der Waals surface area contributed by atoms with E-state index in [-0.39, 0.29) is 6.42 Å². The fraction of sp³-hybridized carbons (Fsp3) is 0.357. The van der Waals surface area contributed by atoms with E-state index in [1.54, 1.807) is 7.05 Å². The quantitative estimate of drug-likeness (QED) is 0.874. The molecule has 2 nitrogen and oxygen atoms in total. The number of nitrogens with one attached hydrogen (secondary N) is 1. The minimum Gasteiger partial charge on any atom is -0.312 e. The largest absolute Gasteiger partial charge is 0.389 e. The highest BCUT2D eigenvalue weighted by Gasteiger charge is 2.29. The first-order chi connectivity index (χ1) is 9.40. The maximum absolute atomic E-state index is 12.4. The van der Waals surface area contributed by atoms with Crippen LogP contribution in [0.5, 0.6) is 0 Å². The van der Waals surface area contributed by atoms with Gasteiger partial charge in [0.1, 0.15) is 0 Å². The van der Waals surface area contributed by atoms with Gasteiger partial charge >= 0.3 is 6.18 Å². The van der Waals surface area contributed by atoms with Crippen molar-refractivity contribution in [3.05, 3.63) is 40.5 Å². The van der Waals surface area contributed by atoms with Gasteiger partial charge in [-0.1, -0.05) is 18.2 Å². The molecule has 1 atom stereocenters. The van der Waals surface area contributed by atoms with Gasteiger partial charge in [0, 0.05) is 16.3 Å². The summed E-state index contributed by atoms with van der Waals surface area (Å²) in [4.78, 5) is 4.47. The van der Waals surface area contributed by atoms with Crippen LogP contribution in [0.15, 0.2) is 34.8 Å². The minimum absolute atomic E-state index is 0.0378. The second-order valence-corrected chi connectivity index (χ2v) is 5.40. The van der Waals surface area contributed by atoms with Gasteiger partial charge in [0.2, 0.25) is 0 Å². The molecule has 1 aromatic carbocycles. The SMILES string of the molecule is CNC(CCC(F)(F)F)c1nc2ccccc2cc1Br. The molecule has 1 N–H and O–H groups in total. The van der Waals surface area contributed by atoms with Crippen LogP contribution in [0.3, 0.4) is 0 Å². The number of aromatic nitrogens is 1. The first-order valence-electron chi connectivity index (χ1n) is 6.20. The Labute approximate surface area is 123 Å². The zero-order chi connectivity index (χ0) is 14.8. The van der Waals surface area contributed by atoms with Crippen LogP contribution < -0.4 is 5.32 Å². The molecular weight excluding hydrogens is 333 g/mol. The summed E-state index contributed by atoms with van der Waals surface area (Å²) in [6, 6.07) is 8.97. The van der Waals surface area contributed by atoms with E-state index in [4.69, 9.17) is 0 Å². The lowest BCUT2D eigenvalue weighted by Gasteiger charge is -2.18. The highest BCUT2D eigenvalue weighted by Crippen LogP contribution is 2.31. The molecule has 0 saturated heterocycles. The summed E-state index contributed by atoms with van der Waals surface area (Å²) in [7, 11) is 1.64. The predicted octanol–water partition coefficient (Wildman–Crippen LogP) is 4.60. The molecule has 108 valence electrons. The number of rotatable bonds is 4. The van der Waals surface area contributed by atoms with Crippen molar-refractivity contribution in [2.75, 3.05) is 7.05 Å². The van der Waals surface area contributed by atoms with Gasteiger partial charge in [0.05, 0.1) is 17.3 Å². The van der Waals surface area contributed by atoms with Crippen LogP contribution in [-0.2, 0) is 0 Å². The van der Waals surface area contributed by atoms with Gasteiger partial charge in [-0.3, -0.25) is 0 Å². The lowest BCUT2D eigenvalue weighted by molar-refractivity contribution is -0.136. The smallest absolute Gasteiger partial charge is 0.312 e. The third kappa shape index (κ3) is 3.70. The van der Waals surface area contributed by atoms with Crippen LogP contribution in [0.1, 0.15) is 24.6 Å². The zero-order valence-electron chi connectivity index (χ0n) is 10.8. The molecule has 0 fully saturated rings. The van der Waals surface area contributed by atoms with Crippen LogP contribution in [0, 0.1) is 0 Å². The Balaban J connectivity index is 2.31. The van der Waals surface area contributed by atoms with E-state index in [9.17, 15) is 13.2 Å². The highest BCUT2D eigenvalue weighted by molar-refractivity contribution is 9.10. The zero-order valence-corrected chi connectivity index (χ0v) is 12.4. The molecule has 1 aromatic heterocycles. The van der Waals surface area contributed by atoms with Crippen molar-refractivity contribution in [3.8, 4) is 0 Å². The lowest BCUT2D eigenvalue weighted by atomic mass is 10.1. The first-order valence-corrected chi connectivity index (χ1v) is 6.99. The standard InChI is InChI=1S/C14H14BrF3N2/c1-19-12(6-7-14(16,17)18)13-10(15)8-9-4-2-3-5-11(9)20-13/h2-5,8,12,19H,6-7H2,1H3. The highest BCUT2D eigenvalue weighted by atomic mass is 79.9. The maximum Gasteiger partial charge on any atom is 0.389 e. The Hall–Kier alpha value is -1.14. The van der Waals surface area contributed by atoms with Crippen molar-refractivity contribution in [2.45, 2.75) is 25.1 Å². The van der Waals surface area contributed by atoms with Gasteiger partial charge in [0.15, 0.2) is 0 Å². The molecule has 0 amide bonds. The van der Waals surface area contributed by atoms with E-state index < -0.39 is 18.6 Å². The lowest BCUT2D eigenvalue weighted by Crippen LogP contribution is -2.21. The number of para-hydroxylation sites is 1. The first kappa shape index (κ1) is 15.3. The summed E-state index contributed by atoms with van der Waals surface area (Å²) < 4.78 is 37.8. The number of hydrogen-bond donors (Lipinski definition) is 1. The number of benzene rings is 1.